The summed E-state index contributed by atoms with van der Waals surface area (Å²) < 4.78 is 0. The molecule has 0 aliphatic carbocycles. The monoisotopic (exact) mass is 168 g/mol. The Kier molecular flexibility index (Phi) is 3.46. The van der Waals surface area contributed by atoms with Gasteiger partial charge in [0.2, 0.25) is 0 Å². The highest BCUT2D eigenvalue weighted by Gasteiger charge is 1.97. The minimum Gasteiger partial charge on any atom is -0.392 e. The molecule has 11 heavy (non-hydrogen) atoms. The number of rotatable bonds is 3. The summed E-state index contributed by atoms with van der Waals surface area (Å²) in [4.78, 5) is 0. The zero-order valence-corrected chi connectivity index (χ0v) is 7.40. The van der Waals surface area contributed by atoms with Gasteiger partial charge in [-0.15, -0.1) is 0 Å². The maximum atomic E-state index is 8.94. The predicted molar refractivity (Wildman–Crippen MR) is 49.6 cm³/mol. The predicted octanol–water partition coefficient (Wildman–Crippen LogP) is 2.04. The maximum absolute atomic E-state index is 8.94. The van der Waals surface area contributed by atoms with Crippen molar-refractivity contribution in [3.8, 4) is 0 Å². The van der Waals surface area contributed by atoms with Crippen LogP contribution < -0.4 is 0 Å². The van der Waals surface area contributed by atoms with Gasteiger partial charge in [-0.1, -0.05) is 24.3 Å². The molecule has 1 N–H and O–H groups in total. The van der Waals surface area contributed by atoms with Gasteiger partial charge in [-0.3, -0.25) is 0 Å². The van der Waals surface area contributed by atoms with Crippen molar-refractivity contribution in [2.45, 2.75) is 12.4 Å². The van der Waals surface area contributed by atoms with Crippen molar-refractivity contribution < 1.29 is 5.11 Å². The van der Waals surface area contributed by atoms with Crippen LogP contribution in [0.1, 0.15) is 11.1 Å². The molecule has 0 saturated carbocycles. The van der Waals surface area contributed by atoms with E-state index in [1.54, 1.807) is 11.8 Å². The molecule has 0 aliphatic heterocycles. The second-order valence-electron chi connectivity index (χ2n) is 2.36. The minimum absolute atomic E-state index is 0.150. The molecule has 0 amide bonds. The van der Waals surface area contributed by atoms with E-state index in [9.17, 15) is 0 Å². The van der Waals surface area contributed by atoms with Crippen LogP contribution in [0.5, 0.6) is 0 Å². The van der Waals surface area contributed by atoms with Gasteiger partial charge in [-0.2, -0.15) is 11.8 Å². The molecule has 0 spiro atoms. The van der Waals surface area contributed by atoms with Crippen LogP contribution in [0.2, 0.25) is 0 Å². The SMILES string of the molecule is CSCc1ccccc1CO. The van der Waals surface area contributed by atoms with Gasteiger partial charge in [0.15, 0.2) is 0 Å². The molecule has 0 fully saturated rings. The highest BCUT2D eigenvalue weighted by Crippen LogP contribution is 2.14. The fraction of sp³-hybridized carbons (Fsp3) is 0.333. The average Bonchev–Trinajstić information content (AvgIpc) is 2.06. The number of benzene rings is 1. The van der Waals surface area contributed by atoms with E-state index < -0.39 is 0 Å². The Balaban J connectivity index is 2.83. The van der Waals surface area contributed by atoms with Crippen LogP contribution >= 0.6 is 11.8 Å². The second kappa shape index (κ2) is 4.42. The van der Waals surface area contributed by atoms with Gasteiger partial charge in [-0.25, -0.2) is 0 Å². The summed E-state index contributed by atoms with van der Waals surface area (Å²) in [7, 11) is 0. The number of hydrogen-bond acceptors (Lipinski definition) is 2. The fourth-order valence-corrected chi connectivity index (χ4v) is 1.60. The molecule has 0 aliphatic rings. The van der Waals surface area contributed by atoms with Gasteiger partial charge in [0, 0.05) is 5.75 Å². The number of hydrogen-bond donors (Lipinski definition) is 1. The van der Waals surface area contributed by atoms with E-state index in [4.69, 9.17) is 5.11 Å². The molecule has 1 aromatic rings. The lowest BCUT2D eigenvalue weighted by Crippen LogP contribution is -1.90. The quantitative estimate of drug-likeness (QED) is 0.745. The summed E-state index contributed by atoms with van der Waals surface area (Å²) in [5.74, 6) is 0.983. The Hall–Kier alpha value is -0.470. The third-order valence-corrected chi connectivity index (χ3v) is 2.19. The first-order valence-electron chi connectivity index (χ1n) is 3.55. The molecule has 0 heterocycles. The molecule has 1 nitrogen and oxygen atoms in total. The highest BCUT2D eigenvalue weighted by molar-refractivity contribution is 7.97. The number of aliphatic hydroxyl groups is 1. The Morgan fingerprint density at radius 3 is 2.45 bits per heavy atom. The van der Waals surface area contributed by atoms with Crippen molar-refractivity contribution >= 4 is 11.8 Å². The molecule has 0 radical (unpaired) electrons. The van der Waals surface area contributed by atoms with Crippen LogP contribution in [0, 0.1) is 0 Å². The van der Waals surface area contributed by atoms with E-state index in [0.717, 1.165) is 11.3 Å². The van der Waals surface area contributed by atoms with Gasteiger partial charge in [0.25, 0.3) is 0 Å². The molecular formula is C9H12OS. The summed E-state index contributed by atoms with van der Waals surface area (Å²) in [6.45, 7) is 0.150. The van der Waals surface area contributed by atoms with Crippen molar-refractivity contribution in [3.63, 3.8) is 0 Å². The topological polar surface area (TPSA) is 20.2 Å². The van der Waals surface area contributed by atoms with Crippen molar-refractivity contribution in [1.82, 2.24) is 0 Å². The molecule has 0 saturated heterocycles. The average molecular weight is 168 g/mol. The minimum atomic E-state index is 0.150. The lowest BCUT2D eigenvalue weighted by Gasteiger charge is -2.03. The fourth-order valence-electron chi connectivity index (χ4n) is 1.01. The molecular weight excluding hydrogens is 156 g/mol. The third-order valence-electron chi connectivity index (χ3n) is 1.59. The van der Waals surface area contributed by atoms with Gasteiger partial charge in [0.05, 0.1) is 6.61 Å². The maximum Gasteiger partial charge on any atom is 0.0684 e. The molecule has 1 rings (SSSR count). The Morgan fingerprint density at radius 2 is 1.91 bits per heavy atom. The van der Waals surface area contributed by atoms with Crippen molar-refractivity contribution in [1.29, 1.82) is 0 Å². The largest absolute Gasteiger partial charge is 0.392 e. The normalized spacial score (nSPS) is 10.0. The first-order valence-corrected chi connectivity index (χ1v) is 4.94. The van der Waals surface area contributed by atoms with Crippen molar-refractivity contribution in [3.05, 3.63) is 35.4 Å². The molecule has 60 valence electrons. The van der Waals surface area contributed by atoms with Gasteiger partial charge in [0.1, 0.15) is 0 Å². The summed E-state index contributed by atoms with van der Waals surface area (Å²) in [6.07, 6.45) is 2.06. The Bertz CT molecular complexity index is 223. The Morgan fingerprint density at radius 1 is 1.27 bits per heavy atom. The molecule has 0 aromatic heterocycles. The molecule has 2 heteroatoms. The standard InChI is InChI=1S/C9H12OS/c1-11-7-9-5-3-2-4-8(9)6-10/h2-5,10H,6-7H2,1H3. The van der Waals surface area contributed by atoms with E-state index in [1.807, 2.05) is 18.2 Å². The first-order chi connectivity index (χ1) is 5.38. The van der Waals surface area contributed by atoms with Crippen LogP contribution in [-0.4, -0.2) is 11.4 Å². The van der Waals surface area contributed by atoms with Gasteiger partial charge in [-0.05, 0) is 17.4 Å². The number of aliphatic hydroxyl groups excluding tert-OH is 1. The molecule has 0 unspecified atom stereocenters. The number of thioether (sulfide) groups is 1. The van der Waals surface area contributed by atoms with Crippen LogP contribution in [0.25, 0.3) is 0 Å². The van der Waals surface area contributed by atoms with Gasteiger partial charge < -0.3 is 5.11 Å². The lowest BCUT2D eigenvalue weighted by atomic mass is 10.1. The summed E-state index contributed by atoms with van der Waals surface area (Å²) >= 11 is 1.77. The van der Waals surface area contributed by atoms with Crippen LogP contribution in [0.4, 0.5) is 0 Å². The highest BCUT2D eigenvalue weighted by atomic mass is 32.2. The van der Waals surface area contributed by atoms with E-state index in [0.29, 0.717) is 0 Å². The second-order valence-corrected chi connectivity index (χ2v) is 3.23. The summed E-state index contributed by atoms with van der Waals surface area (Å²) in [5.41, 5.74) is 2.28. The zero-order valence-electron chi connectivity index (χ0n) is 6.58. The summed E-state index contributed by atoms with van der Waals surface area (Å²) in [5, 5.41) is 8.94. The van der Waals surface area contributed by atoms with E-state index in [-0.39, 0.29) is 6.61 Å². The van der Waals surface area contributed by atoms with Crippen molar-refractivity contribution in [2.75, 3.05) is 6.26 Å². The molecule has 1 aromatic carbocycles. The third kappa shape index (κ3) is 2.24. The van der Waals surface area contributed by atoms with Crippen LogP contribution in [0.15, 0.2) is 24.3 Å². The zero-order chi connectivity index (χ0) is 8.10. The summed E-state index contributed by atoms with van der Waals surface area (Å²) in [6, 6.07) is 7.98. The lowest BCUT2D eigenvalue weighted by molar-refractivity contribution is 0.281. The van der Waals surface area contributed by atoms with E-state index >= 15 is 0 Å². The smallest absolute Gasteiger partial charge is 0.0684 e. The first kappa shape index (κ1) is 8.62. The Labute approximate surface area is 71.4 Å². The van der Waals surface area contributed by atoms with E-state index in [1.165, 1.54) is 5.56 Å². The van der Waals surface area contributed by atoms with Crippen molar-refractivity contribution in [2.24, 2.45) is 0 Å². The van der Waals surface area contributed by atoms with Crippen LogP contribution in [-0.2, 0) is 12.4 Å². The van der Waals surface area contributed by atoms with E-state index in [2.05, 4.69) is 12.3 Å². The van der Waals surface area contributed by atoms with Gasteiger partial charge >= 0.3 is 0 Å². The molecule has 0 bridgehead atoms. The molecule has 0 atom stereocenters. The van der Waals surface area contributed by atoms with Crippen LogP contribution in [0.3, 0.4) is 0 Å².